The summed E-state index contributed by atoms with van der Waals surface area (Å²) in [6.07, 6.45) is 5.40. The summed E-state index contributed by atoms with van der Waals surface area (Å²) in [5.41, 5.74) is 0.513. The molecule has 12 heavy (non-hydrogen) atoms. The summed E-state index contributed by atoms with van der Waals surface area (Å²) in [6.45, 7) is 7.09. The monoisotopic (exact) mass is 168 g/mol. The minimum absolute atomic E-state index is 0.513. The minimum Gasteiger partial charge on any atom is -0.662 e. The highest BCUT2D eigenvalue weighted by Crippen LogP contribution is 2.38. The first-order chi connectivity index (χ1) is 5.54. The SMILES string of the molecule is C[N-]C1CCC(C(C)(C)C)CC1. The normalized spacial score (nSPS) is 32.0. The minimum atomic E-state index is 0.513. The molecule has 1 aliphatic rings. The summed E-state index contributed by atoms with van der Waals surface area (Å²) in [4.78, 5) is 0. The Balaban J connectivity index is 2.36. The van der Waals surface area contributed by atoms with Crippen molar-refractivity contribution < 1.29 is 0 Å². The molecule has 0 atom stereocenters. The fourth-order valence-corrected chi connectivity index (χ4v) is 2.20. The molecule has 0 unspecified atom stereocenters. The lowest BCUT2D eigenvalue weighted by Crippen LogP contribution is -2.27. The number of rotatable bonds is 1. The number of hydrogen-bond donors (Lipinski definition) is 0. The summed E-state index contributed by atoms with van der Waals surface area (Å²) in [5, 5.41) is 4.36. The van der Waals surface area contributed by atoms with Crippen molar-refractivity contribution in [3.8, 4) is 0 Å². The van der Waals surface area contributed by atoms with E-state index in [1.807, 2.05) is 7.05 Å². The van der Waals surface area contributed by atoms with E-state index in [1.54, 1.807) is 0 Å². The Labute approximate surface area is 76.9 Å². The third-order valence-corrected chi connectivity index (χ3v) is 3.29. The quantitative estimate of drug-likeness (QED) is 0.568. The molecule has 0 amide bonds. The van der Waals surface area contributed by atoms with Crippen LogP contribution in [0.5, 0.6) is 0 Å². The van der Waals surface area contributed by atoms with Gasteiger partial charge < -0.3 is 5.32 Å². The number of hydrogen-bond acceptors (Lipinski definition) is 0. The van der Waals surface area contributed by atoms with Gasteiger partial charge in [-0.05, 0) is 11.3 Å². The highest BCUT2D eigenvalue weighted by atomic mass is 14.9. The molecule has 1 fully saturated rings. The van der Waals surface area contributed by atoms with Crippen LogP contribution >= 0.6 is 0 Å². The Morgan fingerprint density at radius 1 is 1.00 bits per heavy atom. The van der Waals surface area contributed by atoms with E-state index >= 15 is 0 Å². The molecule has 0 heterocycles. The van der Waals surface area contributed by atoms with E-state index in [2.05, 4.69) is 26.1 Å². The van der Waals surface area contributed by atoms with Crippen molar-refractivity contribution in [2.45, 2.75) is 52.5 Å². The summed E-state index contributed by atoms with van der Waals surface area (Å²) in [7, 11) is 1.96. The number of nitrogens with zero attached hydrogens (tertiary/aromatic N) is 1. The zero-order valence-corrected chi connectivity index (χ0v) is 8.93. The van der Waals surface area contributed by atoms with E-state index in [0.29, 0.717) is 11.5 Å². The predicted molar refractivity (Wildman–Crippen MR) is 54.5 cm³/mol. The molecule has 1 heteroatoms. The van der Waals surface area contributed by atoms with Gasteiger partial charge >= 0.3 is 0 Å². The smallest absolute Gasteiger partial charge is 0.0354 e. The van der Waals surface area contributed by atoms with Crippen molar-refractivity contribution in [3.63, 3.8) is 0 Å². The van der Waals surface area contributed by atoms with Crippen molar-refractivity contribution in [2.75, 3.05) is 7.05 Å². The van der Waals surface area contributed by atoms with Gasteiger partial charge in [0.1, 0.15) is 0 Å². The van der Waals surface area contributed by atoms with Gasteiger partial charge in [-0.25, -0.2) is 0 Å². The van der Waals surface area contributed by atoms with Gasteiger partial charge in [0.2, 0.25) is 0 Å². The lowest BCUT2D eigenvalue weighted by Gasteiger charge is -2.41. The van der Waals surface area contributed by atoms with Crippen molar-refractivity contribution >= 4 is 0 Å². The average molecular weight is 168 g/mol. The van der Waals surface area contributed by atoms with Crippen LogP contribution in [0.15, 0.2) is 0 Å². The molecule has 1 nitrogen and oxygen atoms in total. The van der Waals surface area contributed by atoms with Crippen LogP contribution in [0, 0.1) is 11.3 Å². The first kappa shape index (κ1) is 10.0. The maximum Gasteiger partial charge on any atom is -0.0354 e. The molecular weight excluding hydrogens is 146 g/mol. The van der Waals surface area contributed by atoms with Gasteiger partial charge in [-0.3, -0.25) is 0 Å². The molecule has 0 aliphatic heterocycles. The van der Waals surface area contributed by atoms with Crippen molar-refractivity contribution in [3.05, 3.63) is 5.32 Å². The molecule has 0 N–H and O–H groups in total. The Morgan fingerprint density at radius 3 is 1.83 bits per heavy atom. The van der Waals surface area contributed by atoms with E-state index in [-0.39, 0.29) is 0 Å². The van der Waals surface area contributed by atoms with Crippen LogP contribution in [0.25, 0.3) is 5.32 Å². The van der Waals surface area contributed by atoms with Crippen molar-refractivity contribution in [1.29, 1.82) is 0 Å². The molecule has 1 saturated carbocycles. The first-order valence-corrected chi connectivity index (χ1v) is 5.13. The van der Waals surface area contributed by atoms with Gasteiger partial charge in [0, 0.05) is 0 Å². The molecule has 0 radical (unpaired) electrons. The maximum absolute atomic E-state index is 4.36. The van der Waals surface area contributed by atoms with Crippen molar-refractivity contribution in [2.24, 2.45) is 11.3 Å². The van der Waals surface area contributed by atoms with E-state index in [0.717, 1.165) is 5.92 Å². The molecule has 1 aliphatic carbocycles. The topological polar surface area (TPSA) is 14.1 Å². The van der Waals surface area contributed by atoms with E-state index in [4.69, 9.17) is 0 Å². The maximum atomic E-state index is 4.36. The second-order valence-corrected chi connectivity index (χ2v) is 5.13. The summed E-state index contributed by atoms with van der Waals surface area (Å²) >= 11 is 0. The molecular formula is C11H22N-. The Bertz CT molecular complexity index is 126. The third-order valence-electron chi connectivity index (χ3n) is 3.29. The molecule has 0 bridgehead atoms. The van der Waals surface area contributed by atoms with Crippen LogP contribution in [-0.2, 0) is 0 Å². The fraction of sp³-hybridized carbons (Fsp3) is 1.00. The lowest BCUT2D eigenvalue weighted by molar-refractivity contribution is 0.175. The standard InChI is InChI=1S/C11H22N/c1-11(2,3)9-5-7-10(12-4)8-6-9/h9-10H,5-8H2,1-4H3/q-1. The highest BCUT2D eigenvalue weighted by Gasteiger charge is 2.26. The highest BCUT2D eigenvalue weighted by molar-refractivity contribution is 4.92. The van der Waals surface area contributed by atoms with Crippen LogP contribution in [0.4, 0.5) is 0 Å². The van der Waals surface area contributed by atoms with Gasteiger partial charge in [0.05, 0.1) is 0 Å². The van der Waals surface area contributed by atoms with Gasteiger partial charge in [0.25, 0.3) is 0 Å². The van der Waals surface area contributed by atoms with Crippen LogP contribution in [0.1, 0.15) is 46.5 Å². The van der Waals surface area contributed by atoms with E-state index in [9.17, 15) is 0 Å². The second kappa shape index (κ2) is 3.78. The molecule has 0 saturated heterocycles. The Kier molecular flexibility index (Phi) is 3.16. The van der Waals surface area contributed by atoms with Gasteiger partial charge in [-0.2, -0.15) is 7.05 Å². The first-order valence-electron chi connectivity index (χ1n) is 5.13. The molecule has 0 aromatic carbocycles. The summed E-state index contributed by atoms with van der Waals surface area (Å²) in [5.74, 6) is 0.926. The zero-order valence-electron chi connectivity index (χ0n) is 8.93. The second-order valence-electron chi connectivity index (χ2n) is 5.13. The van der Waals surface area contributed by atoms with E-state index in [1.165, 1.54) is 25.7 Å². The van der Waals surface area contributed by atoms with Crippen LogP contribution in [0.3, 0.4) is 0 Å². The van der Waals surface area contributed by atoms with Crippen LogP contribution < -0.4 is 0 Å². The summed E-state index contributed by atoms with van der Waals surface area (Å²) < 4.78 is 0. The van der Waals surface area contributed by atoms with Crippen LogP contribution in [0.2, 0.25) is 0 Å². The fourth-order valence-electron chi connectivity index (χ4n) is 2.20. The van der Waals surface area contributed by atoms with E-state index < -0.39 is 0 Å². The Hall–Kier alpha value is -0.0400. The van der Waals surface area contributed by atoms with Crippen LogP contribution in [-0.4, -0.2) is 13.1 Å². The Morgan fingerprint density at radius 2 is 1.50 bits per heavy atom. The van der Waals surface area contributed by atoms with Gasteiger partial charge in [0.15, 0.2) is 0 Å². The largest absolute Gasteiger partial charge is 0.662 e. The molecule has 0 aromatic rings. The molecule has 1 rings (SSSR count). The predicted octanol–water partition coefficient (Wildman–Crippen LogP) is 3.59. The summed E-state index contributed by atoms with van der Waals surface area (Å²) in [6, 6.07) is 0.670. The zero-order chi connectivity index (χ0) is 9.19. The molecule has 0 aromatic heterocycles. The third kappa shape index (κ3) is 2.48. The average Bonchev–Trinajstić information content (AvgIpc) is 2.03. The van der Waals surface area contributed by atoms with Gasteiger partial charge in [-0.1, -0.05) is 46.5 Å². The lowest BCUT2D eigenvalue weighted by atomic mass is 9.71. The van der Waals surface area contributed by atoms with Gasteiger partial charge in [-0.15, -0.1) is 6.04 Å². The molecule has 0 spiro atoms. The van der Waals surface area contributed by atoms with Crippen molar-refractivity contribution in [1.82, 2.24) is 0 Å². The molecule has 72 valence electrons.